The van der Waals surface area contributed by atoms with Gasteiger partial charge in [0.2, 0.25) is 0 Å². The maximum atomic E-state index is 10.6. The molecule has 1 aromatic rings. The van der Waals surface area contributed by atoms with Crippen LogP contribution in [-0.2, 0) is 4.79 Å². The minimum atomic E-state index is -0.856. The van der Waals surface area contributed by atoms with Crippen LogP contribution in [-0.4, -0.2) is 24.3 Å². The van der Waals surface area contributed by atoms with Crippen molar-refractivity contribution >= 4 is 5.97 Å². The normalized spacial score (nSPS) is 11.9. The van der Waals surface area contributed by atoms with Crippen molar-refractivity contribution in [3.63, 3.8) is 0 Å². The molecule has 0 spiro atoms. The lowest BCUT2D eigenvalue weighted by atomic mass is 10.2. The fourth-order valence-electron chi connectivity index (χ4n) is 1.09. The van der Waals surface area contributed by atoms with Gasteiger partial charge in [-0.1, -0.05) is 0 Å². The Hall–Kier alpha value is -1.71. The summed E-state index contributed by atoms with van der Waals surface area (Å²) in [6, 6.07) is 7.12. The first kappa shape index (κ1) is 12.4. The highest BCUT2D eigenvalue weighted by Crippen LogP contribution is 2.18. The zero-order chi connectivity index (χ0) is 12.0. The van der Waals surface area contributed by atoms with Gasteiger partial charge in [-0.2, -0.15) is 0 Å². The Kier molecular flexibility index (Phi) is 4.64. The predicted octanol–water partition coefficient (Wildman–Crippen LogP) is 2.18. The lowest BCUT2D eigenvalue weighted by Crippen LogP contribution is -2.17. The van der Waals surface area contributed by atoms with Gasteiger partial charge >= 0.3 is 5.97 Å². The molecule has 0 bridgehead atoms. The SMILES string of the molecule is CCOc1ccc(OCC(C)C(=O)O)cc1. The molecule has 88 valence electrons. The molecule has 1 N–H and O–H groups in total. The Morgan fingerprint density at radius 3 is 2.19 bits per heavy atom. The molecule has 0 aromatic heterocycles. The lowest BCUT2D eigenvalue weighted by molar-refractivity contribution is -0.142. The molecule has 4 nitrogen and oxygen atoms in total. The largest absolute Gasteiger partial charge is 0.494 e. The van der Waals surface area contributed by atoms with Gasteiger partial charge in [0.1, 0.15) is 18.1 Å². The number of ether oxygens (including phenoxy) is 2. The maximum Gasteiger partial charge on any atom is 0.309 e. The van der Waals surface area contributed by atoms with Crippen molar-refractivity contribution in [2.24, 2.45) is 5.92 Å². The molecule has 0 saturated carbocycles. The number of carbonyl (C=O) groups is 1. The number of carboxylic acids is 1. The van der Waals surface area contributed by atoms with Gasteiger partial charge in [-0.3, -0.25) is 4.79 Å². The summed E-state index contributed by atoms with van der Waals surface area (Å²) >= 11 is 0. The molecule has 4 heteroatoms. The number of hydrogen-bond acceptors (Lipinski definition) is 3. The average Bonchev–Trinajstić information content (AvgIpc) is 2.28. The van der Waals surface area contributed by atoms with Gasteiger partial charge in [0.25, 0.3) is 0 Å². The van der Waals surface area contributed by atoms with Crippen molar-refractivity contribution in [1.82, 2.24) is 0 Å². The first-order chi connectivity index (χ1) is 7.63. The Bertz CT molecular complexity index is 331. The van der Waals surface area contributed by atoms with Crippen molar-refractivity contribution in [3.8, 4) is 11.5 Å². The highest BCUT2D eigenvalue weighted by Gasteiger charge is 2.11. The third-order valence-electron chi connectivity index (χ3n) is 2.06. The second-order valence-corrected chi connectivity index (χ2v) is 3.45. The summed E-state index contributed by atoms with van der Waals surface area (Å²) < 4.78 is 10.6. The number of rotatable bonds is 6. The predicted molar refractivity (Wildman–Crippen MR) is 59.9 cm³/mol. The highest BCUT2D eigenvalue weighted by molar-refractivity contribution is 5.69. The number of aliphatic carboxylic acids is 1. The van der Waals surface area contributed by atoms with E-state index in [1.165, 1.54) is 0 Å². The third-order valence-corrected chi connectivity index (χ3v) is 2.06. The molecule has 0 aliphatic heterocycles. The highest BCUT2D eigenvalue weighted by atomic mass is 16.5. The Morgan fingerprint density at radius 1 is 1.25 bits per heavy atom. The Balaban J connectivity index is 2.46. The molecule has 0 radical (unpaired) electrons. The van der Waals surface area contributed by atoms with Crippen LogP contribution in [0.5, 0.6) is 11.5 Å². The third kappa shape index (κ3) is 3.81. The van der Waals surface area contributed by atoms with Gasteiger partial charge in [0, 0.05) is 0 Å². The van der Waals surface area contributed by atoms with Crippen LogP contribution in [0.25, 0.3) is 0 Å². The summed E-state index contributed by atoms with van der Waals surface area (Å²) in [5.74, 6) is 0.0650. The summed E-state index contributed by atoms with van der Waals surface area (Å²) in [4.78, 5) is 10.6. The molecule has 1 atom stereocenters. The van der Waals surface area contributed by atoms with E-state index in [0.717, 1.165) is 5.75 Å². The van der Waals surface area contributed by atoms with E-state index in [1.807, 2.05) is 6.92 Å². The van der Waals surface area contributed by atoms with Crippen LogP contribution in [0.2, 0.25) is 0 Å². The second kappa shape index (κ2) is 6.00. The number of hydrogen-bond donors (Lipinski definition) is 1. The zero-order valence-corrected chi connectivity index (χ0v) is 9.47. The molecule has 0 fully saturated rings. The van der Waals surface area contributed by atoms with E-state index in [9.17, 15) is 4.79 Å². The number of benzene rings is 1. The quantitative estimate of drug-likeness (QED) is 0.804. The van der Waals surface area contributed by atoms with Crippen molar-refractivity contribution in [3.05, 3.63) is 24.3 Å². The first-order valence-corrected chi connectivity index (χ1v) is 5.22. The van der Waals surface area contributed by atoms with Crippen LogP contribution in [0.3, 0.4) is 0 Å². The molecule has 1 unspecified atom stereocenters. The van der Waals surface area contributed by atoms with Crippen LogP contribution in [0.1, 0.15) is 13.8 Å². The van der Waals surface area contributed by atoms with E-state index in [2.05, 4.69) is 0 Å². The maximum absolute atomic E-state index is 10.6. The van der Waals surface area contributed by atoms with Gasteiger partial charge < -0.3 is 14.6 Å². The second-order valence-electron chi connectivity index (χ2n) is 3.45. The summed E-state index contributed by atoms with van der Waals surface area (Å²) in [6.45, 7) is 4.31. The minimum Gasteiger partial charge on any atom is -0.494 e. The monoisotopic (exact) mass is 224 g/mol. The molecule has 1 rings (SSSR count). The smallest absolute Gasteiger partial charge is 0.309 e. The van der Waals surface area contributed by atoms with Gasteiger partial charge in [0.15, 0.2) is 0 Å². The van der Waals surface area contributed by atoms with Crippen molar-refractivity contribution in [1.29, 1.82) is 0 Å². The van der Waals surface area contributed by atoms with E-state index < -0.39 is 11.9 Å². The van der Waals surface area contributed by atoms with Gasteiger partial charge in [-0.25, -0.2) is 0 Å². The molecule has 0 aliphatic rings. The average molecular weight is 224 g/mol. The number of carboxylic acid groups (broad SMARTS) is 1. The summed E-state index contributed by atoms with van der Waals surface area (Å²) in [5, 5.41) is 8.67. The standard InChI is InChI=1S/C12H16O4/c1-3-15-10-4-6-11(7-5-10)16-8-9(2)12(13)14/h4-7,9H,3,8H2,1-2H3,(H,13,14). The van der Waals surface area contributed by atoms with Crippen LogP contribution in [0, 0.1) is 5.92 Å². The Labute approximate surface area is 94.8 Å². The zero-order valence-electron chi connectivity index (χ0n) is 9.47. The van der Waals surface area contributed by atoms with Crippen molar-refractivity contribution in [2.45, 2.75) is 13.8 Å². The topological polar surface area (TPSA) is 55.8 Å². The van der Waals surface area contributed by atoms with Crippen LogP contribution in [0.4, 0.5) is 0 Å². The molecular formula is C12H16O4. The van der Waals surface area contributed by atoms with Crippen molar-refractivity contribution in [2.75, 3.05) is 13.2 Å². The molecule has 1 aromatic carbocycles. The lowest BCUT2D eigenvalue weighted by Gasteiger charge is -2.09. The van der Waals surface area contributed by atoms with E-state index >= 15 is 0 Å². The molecule has 0 amide bonds. The van der Waals surface area contributed by atoms with Crippen LogP contribution in [0.15, 0.2) is 24.3 Å². The fraction of sp³-hybridized carbons (Fsp3) is 0.417. The summed E-state index contributed by atoms with van der Waals surface area (Å²) in [6.07, 6.45) is 0. The van der Waals surface area contributed by atoms with E-state index in [4.69, 9.17) is 14.6 Å². The Morgan fingerprint density at radius 2 is 1.75 bits per heavy atom. The molecule has 0 aliphatic carbocycles. The van der Waals surface area contributed by atoms with E-state index in [-0.39, 0.29) is 6.61 Å². The van der Waals surface area contributed by atoms with Crippen LogP contribution < -0.4 is 9.47 Å². The minimum absolute atomic E-state index is 0.170. The van der Waals surface area contributed by atoms with Gasteiger partial charge in [-0.15, -0.1) is 0 Å². The fourth-order valence-corrected chi connectivity index (χ4v) is 1.09. The van der Waals surface area contributed by atoms with E-state index in [0.29, 0.717) is 12.4 Å². The molecule has 0 saturated heterocycles. The first-order valence-electron chi connectivity index (χ1n) is 5.22. The summed E-state index contributed by atoms with van der Waals surface area (Å²) in [7, 11) is 0. The molecule has 0 heterocycles. The van der Waals surface area contributed by atoms with Crippen LogP contribution >= 0.6 is 0 Å². The molecule has 16 heavy (non-hydrogen) atoms. The summed E-state index contributed by atoms with van der Waals surface area (Å²) in [5.41, 5.74) is 0. The van der Waals surface area contributed by atoms with Gasteiger partial charge in [0.05, 0.1) is 12.5 Å². The van der Waals surface area contributed by atoms with E-state index in [1.54, 1.807) is 31.2 Å². The van der Waals surface area contributed by atoms with Crippen molar-refractivity contribution < 1.29 is 19.4 Å². The molecular weight excluding hydrogens is 208 g/mol. The van der Waals surface area contributed by atoms with Gasteiger partial charge in [-0.05, 0) is 38.1 Å².